The molecule has 0 spiro atoms. The monoisotopic (exact) mass is 307 g/mol. The molecular weight excluding hydrogens is 286 g/mol. The molecule has 0 fully saturated rings. The Bertz CT molecular complexity index is 673. The number of nitrogens with zero attached hydrogens (tertiary/aromatic N) is 1. The quantitative estimate of drug-likeness (QED) is 0.728. The summed E-state index contributed by atoms with van der Waals surface area (Å²) in [4.78, 5) is 3.77. The molecule has 0 N–H and O–H groups in total. The van der Waals surface area contributed by atoms with Gasteiger partial charge in [0.2, 0.25) is 0 Å². The van der Waals surface area contributed by atoms with Gasteiger partial charge in [0.25, 0.3) is 0 Å². The Balaban J connectivity index is 1.59. The van der Waals surface area contributed by atoms with E-state index in [1.165, 1.54) is 21.6 Å². The van der Waals surface area contributed by atoms with Gasteiger partial charge in [-0.3, -0.25) is 0 Å². The van der Waals surface area contributed by atoms with Gasteiger partial charge in [0.15, 0.2) is 0 Å². The van der Waals surface area contributed by atoms with Crippen molar-refractivity contribution in [2.75, 3.05) is 25.9 Å². The molecule has 22 heavy (non-hydrogen) atoms. The van der Waals surface area contributed by atoms with Crippen molar-refractivity contribution in [2.45, 2.75) is 4.90 Å². The zero-order chi connectivity index (χ0) is 15.2. The number of thioether (sulfide) groups is 1. The van der Waals surface area contributed by atoms with E-state index in [0.29, 0.717) is 0 Å². The summed E-state index contributed by atoms with van der Waals surface area (Å²) in [7, 11) is 2.18. The standard InChI is InChI=1S/C20H21NS/c1-21(14-7-10-17-8-3-2-4-9-17)16-18-13-15-22-20-12-6-5-11-19(18)20/h2-13H,14-16H2,1H3/q+1/b10-7+. The van der Waals surface area contributed by atoms with Crippen LogP contribution in [0.15, 0.2) is 71.6 Å². The molecule has 2 aromatic carbocycles. The van der Waals surface area contributed by atoms with E-state index in [2.05, 4.69) is 84.8 Å². The second-order valence-corrected chi connectivity index (χ2v) is 6.61. The third-order valence-corrected chi connectivity index (χ3v) is 4.77. The summed E-state index contributed by atoms with van der Waals surface area (Å²) in [6.45, 7) is 1.96. The normalized spacial score (nSPS) is 14.2. The van der Waals surface area contributed by atoms with Crippen molar-refractivity contribution in [2.24, 2.45) is 0 Å². The average Bonchev–Trinajstić information content (AvgIpc) is 2.56. The fourth-order valence-corrected chi connectivity index (χ4v) is 3.63. The number of hydrogen-bond donors (Lipinski definition) is 0. The Labute approximate surface area is 137 Å². The minimum atomic E-state index is 0.960. The molecule has 0 amide bonds. The van der Waals surface area contributed by atoms with Crippen molar-refractivity contribution >= 4 is 23.4 Å². The molecule has 3 rings (SSSR count). The Morgan fingerprint density at radius 3 is 2.68 bits per heavy atom. The molecular formula is C20H21NS+. The van der Waals surface area contributed by atoms with Crippen molar-refractivity contribution in [3.63, 3.8) is 0 Å². The molecule has 0 saturated heterocycles. The summed E-state index contributed by atoms with van der Waals surface area (Å²) in [5, 5.41) is 0. The summed E-state index contributed by atoms with van der Waals surface area (Å²) in [6, 6.07) is 19.2. The molecule has 1 radical (unpaired) electrons. The van der Waals surface area contributed by atoms with Gasteiger partial charge in [0, 0.05) is 16.2 Å². The fraction of sp³-hybridized carbons (Fsp3) is 0.200. The van der Waals surface area contributed by atoms with Gasteiger partial charge in [0.1, 0.15) is 20.1 Å². The molecule has 0 bridgehead atoms. The molecule has 2 heteroatoms. The number of hydrogen-bond acceptors (Lipinski definition) is 2. The summed E-state index contributed by atoms with van der Waals surface area (Å²) in [5.41, 5.74) is 4.11. The van der Waals surface area contributed by atoms with Crippen LogP contribution in [0, 0.1) is 0 Å². The van der Waals surface area contributed by atoms with Crippen LogP contribution in [0.4, 0.5) is 0 Å². The Morgan fingerprint density at radius 1 is 1.05 bits per heavy atom. The van der Waals surface area contributed by atoms with Crippen molar-refractivity contribution in [3.8, 4) is 0 Å². The van der Waals surface area contributed by atoms with E-state index in [0.717, 1.165) is 18.8 Å². The molecule has 1 nitrogen and oxygen atoms in total. The maximum absolute atomic E-state index is 2.37. The number of rotatable bonds is 5. The van der Waals surface area contributed by atoms with E-state index in [-0.39, 0.29) is 0 Å². The predicted molar refractivity (Wildman–Crippen MR) is 98.4 cm³/mol. The third-order valence-electron chi connectivity index (χ3n) is 3.77. The van der Waals surface area contributed by atoms with Crippen LogP contribution in [0.25, 0.3) is 11.6 Å². The van der Waals surface area contributed by atoms with Crippen molar-refractivity contribution in [3.05, 3.63) is 77.9 Å². The first-order valence-corrected chi connectivity index (χ1v) is 8.63. The molecule has 1 aliphatic rings. The SMILES string of the molecule is C[N+](C/C=C/c1ccccc1)CC1=CCSc2ccccc21. The minimum absolute atomic E-state index is 0.960. The van der Waals surface area contributed by atoms with Crippen LogP contribution in [-0.4, -0.2) is 25.9 Å². The lowest BCUT2D eigenvalue weighted by atomic mass is 10.0. The Hall–Kier alpha value is -1.77. The highest BCUT2D eigenvalue weighted by Gasteiger charge is 2.17. The summed E-state index contributed by atoms with van der Waals surface area (Å²) >= 11 is 1.93. The van der Waals surface area contributed by atoms with E-state index in [9.17, 15) is 0 Å². The van der Waals surface area contributed by atoms with Crippen LogP contribution in [0.5, 0.6) is 0 Å². The van der Waals surface area contributed by atoms with E-state index < -0.39 is 0 Å². The van der Waals surface area contributed by atoms with Crippen LogP contribution < -0.4 is 4.90 Å². The molecule has 0 atom stereocenters. The van der Waals surface area contributed by atoms with Crippen LogP contribution in [0.1, 0.15) is 11.1 Å². The zero-order valence-corrected chi connectivity index (χ0v) is 13.7. The Morgan fingerprint density at radius 2 is 1.82 bits per heavy atom. The Kier molecular flexibility index (Phi) is 5.15. The lowest BCUT2D eigenvalue weighted by Gasteiger charge is -2.17. The van der Waals surface area contributed by atoms with Crippen LogP contribution in [-0.2, 0) is 0 Å². The van der Waals surface area contributed by atoms with Gasteiger partial charge in [-0.25, -0.2) is 0 Å². The molecule has 0 aliphatic carbocycles. The van der Waals surface area contributed by atoms with Gasteiger partial charge in [-0.1, -0.05) is 60.7 Å². The second kappa shape index (κ2) is 7.48. The maximum Gasteiger partial charge on any atom is 0.148 e. The average molecular weight is 307 g/mol. The molecule has 2 aromatic rings. The maximum atomic E-state index is 2.37. The highest BCUT2D eigenvalue weighted by Crippen LogP contribution is 2.33. The second-order valence-electron chi connectivity index (χ2n) is 5.55. The van der Waals surface area contributed by atoms with Gasteiger partial charge in [-0.05, 0) is 23.3 Å². The van der Waals surface area contributed by atoms with Crippen molar-refractivity contribution in [1.29, 1.82) is 0 Å². The van der Waals surface area contributed by atoms with Crippen molar-refractivity contribution in [1.82, 2.24) is 4.90 Å². The highest BCUT2D eigenvalue weighted by atomic mass is 32.2. The van der Waals surface area contributed by atoms with E-state index in [1.54, 1.807) is 0 Å². The van der Waals surface area contributed by atoms with Crippen LogP contribution >= 0.6 is 11.8 Å². The lowest BCUT2D eigenvalue weighted by molar-refractivity contribution is 0.581. The van der Waals surface area contributed by atoms with Crippen molar-refractivity contribution < 1.29 is 0 Å². The fourth-order valence-electron chi connectivity index (χ4n) is 2.64. The summed E-state index contributed by atoms with van der Waals surface area (Å²) in [5.74, 6) is 1.08. The van der Waals surface area contributed by atoms with Gasteiger partial charge < -0.3 is 0 Å². The topological polar surface area (TPSA) is 5.90 Å². The van der Waals surface area contributed by atoms with Gasteiger partial charge in [-0.15, -0.1) is 11.8 Å². The molecule has 0 saturated carbocycles. The molecule has 1 heterocycles. The van der Waals surface area contributed by atoms with Crippen LogP contribution in [0.3, 0.4) is 0 Å². The van der Waals surface area contributed by atoms with E-state index in [4.69, 9.17) is 0 Å². The smallest absolute Gasteiger partial charge is 0.148 e. The van der Waals surface area contributed by atoms with Gasteiger partial charge in [-0.2, -0.15) is 4.90 Å². The molecule has 1 aliphatic heterocycles. The first-order chi connectivity index (χ1) is 10.8. The summed E-state index contributed by atoms with van der Waals surface area (Å²) in [6.07, 6.45) is 6.79. The first kappa shape index (κ1) is 15.1. The first-order valence-electron chi connectivity index (χ1n) is 7.64. The molecule has 0 unspecified atom stereocenters. The predicted octanol–water partition coefficient (Wildman–Crippen LogP) is 4.66. The van der Waals surface area contributed by atoms with Gasteiger partial charge >= 0.3 is 0 Å². The number of benzene rings is 2. The van der Waals surface area contributed by atoms with Crippen LogP contribution in [0.2, 0.25) is 0 Å². The lowest BCUT2D eigenvalue weighted by Crippen LogP contribution is -2.27. The van der Waals surface area contributed by atoms with E-state index >= 15 is 0 Å². The summed E-state index contributed by atoms with van der Waals surface area (Å²) < 4.78 is 0. The molecule has 111 valence electrons. The number of likely N-dealkylation sites (N-methyl/N-ethyl adjacent to an activating group) is 1. The highest BCUT2D eigenvalue weighted by molar-refractivity contribution is 7.99. The largest absolute Gasteiger partial charge is 0.165 e. The number of fused-ring (bicyclic) bond motifs is 1. The minimum Gasteiger partial charge on any atom is -0.165 e. The van der Waals surface area contributed by atoms with Gasteiger partial charge in [0.05, 0.1) is 0 Å². The zero-order valence-electron chi connectivity index (χ0n) is 12.9. The van der Waals surface area contributed by atoms with E-state index in [1.807, 2.05) is 11.8 Å². The molecule has 0 aromatic heterocycles. The third kappa shape index (κ3) is 3.90.